The zero-order valence-corrected chi connectivity index (χ0v) is 10.2. The molecule has 0 aliphatic carbocycles. The summed E-state index contributed by atoms with van der Waals surface area (Å²) in [5.41, 5.74) is 5.45. The van der Waals surface area contributed by atoms with Crippen LogP contribution in [0.15, 0.2) is 12.1 Å². The topological polar surface area (TPSA) is 63.3 Å². The fourth-order valence-corrected chi connectivity index (χ4v) is 3.04. The minimum Gasteiger partial charge on any atom is -0.477 e. The van der Waals surface area contributed by atoms with E-state index < -0.39 is 5.97 Å². The lowest BCUT2D eigenvalue weighted by Crippen LogP contribution is -2.06. The summed E-state index contributed by atoms with van der Waals surface area (Å²) in [6.45, 7) is 2.85. The lowest BCUT2D eigenvalue weighted by atomic mass is 10.3. The van der Waals surface area contributed by atoms with E-state index in [0.29, 0.717) is 16.7 Å². The average Bonchev–Trinajstić information content (AvgIpc) is 2.63. The zero-order valence-electron chi connectivity index (χ0n) is 8.60. The number of nitrogens with two attached hydrogens (primary N) is 1. The van der Waals surface area contributed by atoms with E-state index in [1.165, 1.54) is 11.3 Å². The van der Waals surface area contributed by atoms with Gasteiger partial charge in [-0.2, -0.15) is 11.8 Å². The number of aromatic carboxylic acids is 1. The van der Waals surface area contributed by atoms with Crippen molar-refractivity contribution < 1.29 is 9.90 Å². The molecule has 15 heavy (non-hydrogen) atoms. The van der Waals surface area contributed by atoms with E-state index in [1.807, 2.05) is 17.8 Å². The zero-order chi connectivity index (χ0) is 11.3. The van der Waals surface area contributed by atoms with Crippen molar-refractivity contribution in [3.8, 4) is 0 Å². The van der Waals surface area contributed by atoms with Crippen LogP contribution in [0.1, 0.15) is 27.9 Å². The molecule has 5 heteroatoms. The molecular weight excluding hydrogens is 230 g/mol. The quantitative estimate of drug-likeness (QED) is 0.808. The Morgan fingerprint density at radius 2 is 2.40 bits per heavy atom. The van der Waals surface area contributed by atoms with Gasteiger partial charge in [0.1, 0.15) is 4.88 Å². The lowest BCUT2D eigenvalue weighted by Gasteiger charge is -2.07. The van der Waals surface area contributed by atoms with Gasteiger partial charge in [0.25, 0.3) is 0 Å². The molecule has 0 spiro atoms. The Morgan fingerprint density at radius 1 is 1.67 bits per heavy atom. The van der Waals surface area contributed by atoms with Crippen molar-refractivity contribution in [3.63, 3.8) is 0 Å². The van der Waals surface area contributed by atoms with Gasteiger partial charge in [0.2, 0.25) is 0 Å². The number of hydrogen-bond acceptors (Lipinski definition) is 4. The third-order valence-corrected chi connectivity index (χ3v) is 4.49. The second-order valence-corrected chi connectivity index (χ2v) is 5.87. The molecule has 0 aliphatic rings. The van der Waals surface area contributed by atoms with Crippen molar-refractivity contribution in [3.05, 3.63) is 21.9 Å². The molecule has 0 aliphatic heterocycles. The molecule has 1 heterocycles. The lowest BCUT2D eigenvalue weighted by molar-refractivity contribution is 0.0702. The highest BCUT2D eigenvalue weighted by atomic mass is 32.2. The van der Waals surface area contributed by atoms with E-state index in [9.17, 15) is 4.79 Å². The minimum atomic E-state index is -0.841. The van der Waals surface area contributed by atoms with Crippen LogP contribution >= 0.6 is 23.1 Å². The third kappa shape index (κ3) is 4.24. The summed E-state index contributed by atoms with van der Waals surface area (Å²) in [7, 11) is 0. The van der Waals surface area contributed by atoms with Gasteiger partial charge in [-0.15, -0.1) is 11.3 Å². The third-order valence-electron chi connectivity index (χ3n) is 1.96. The summed E-state index contributed by atoms with van der Waals surface area (Å²) in [5.74, 6) is 0.0327. The van der Waals surface area contributed by atoms with Gasteiger partial charge in [-0.3, -0.25) is 0 Å². The molecule has 0 bridgehead atoms. The van der Waals surface area contributed by atoms with Crippen LogP contribution in [-0.2, 0) is 5.75 Å². The van der Waals surface area contributed by atoms with E-state index >= 15 is 0 Å². The summed E-state index contributed by atoms with van der Waals surface area (Å²) in [4.78, 5) is 12.2. The Labute approximate surface area is 97.7 Å². The van der Waals surface area contributed by atoms with Crippen LogP contribution in [0.2, 0.25) is 0 Å². The van der Waals surface area contributed by atoms with Gasteiger partial charge in [0.05, 0.1) is 0 Å². The number of carbonyl (C=O) groups is 1. The number of thioether (sulfide) groups is 1. The fourth-order valence-electron chi connectivity index (χ4n) is 1.11. The van der Waals surface area contributed by atoms with Crippen molar-refractivity contribution >= 4 is 29.1 Å². The van der Waals surface area contributed by atoms with Crippen LogP contribution in [0.25, 0.3) is 0 Å². The standard InChI is InChI=1S/C10H15NO2S2/c1-7(4-5-11)14-6-8-2-3-9(15-8)10(12)13/h2-3,7H,4-6,11H2,1H3,(H,12,13). The number of rotatable bonds is 6. The maximum atomic E-state index is 10.6. The molecule has 1 aromatic heterocycles. The molecule has 1 aromatic rings. The molecule has 0 aromatic carbocycles. The first-order chi connectivity index (χ1) is 7.13. The number of carboxylic acids is 1. The summed E-state index contributed by atoms with van der Waals surface area (Å²) < 4.78 is 0. The molecule has 3 N–H and O–H groups in total. The number of hydrogen-bond donors (Lipinski definition) is 2. The molecule has 0 fully saturated rings. The molecule has 0 radical (unpaired) electrons. The van der Waals surface area contributed by atoms with Crippen LogP contribution < -0.4 is 5.73 Å². The largest absolute Gasteiger partial charge is 0.477 e. The molecule has 0 amide bonds. The summed E-state index contributed by atoms with van der Waals surface area (Å²) >= 11 is 3.17. The van der Waals surface area contributed by atoms with Gasteiger partial charge in [0.15, 0.2) is 0 Å². The van der Waals surface area contributed by atoms with Crippen LogP contribution in [0.5, 0.6) is 0 Å². The summed E-state index contributed by atoms with van der Waals surface area (Å²) in [6, 6.07) is 3.55. The molecule has 0 saturated carbocycles. The van der Waals surface area contributed by atoms with Gasteiger partial charge in [0, 0.05) is 15.9 Å². The molecule has 1 rings (SSSR count). The van der Waals surface area contributed by atoms with E-state index in [0.717, 1.165) is 17.1 Å². The first-order valence-corrected chi connectivity index (χ1v) is 6.63. The second kappa shape index (κ2) is 6.15. The van der Waals surface area contributed by atoms with E-state index in [2.05, 4.69) is 6.92 Å². The predicted molar refractivity (Wildman–Crippen MR) is 65.7 cm³/mol. The Balaban J connectivity index is 2.40. The SMILES string of the molecule is CC(CCN)SCc1ccc(C(=O)O)s1. The predicted octanol–water partition coefficient (Wildman–Crippen LogP) is 2.42. The van der Waals surface area contributed by atoms with Crippen LogP contribution in [0, 0.1) is 0 Å². The highest BCUT2D eigenvalue weighted by molar-refractivity contribution is 7.99. The highest BCUT2D eigenvalue weighted by Gasteiger charge is 2.08. The first-order valence-electron chi connectivity index (χ1n) is 4.77. The summed E-state index contributed by atoms with van der Waals surface area (Å²) in [5, 5.41) is 9.28. The van der Waals surface area contributed by atoms with Crippen LogP contribution in [0.4, 0.5) is 0 Å². The van der Waals surface area contributed by atoms with Gasteiger partial charge in [-0.05, 0) is 25.1 Å². The molecule has 1 atom stereocenters. The van der Waals surface area contributed by atoms with E-state index in [1.54, 1.807) is 6.07 Å². The highest BCUT2D eigenvalue weighted by Crippen LogP contribution is 2.25. The maximum absolute atomic E-state index is 10.6. The van der Waals surface area contributed by atoms with Crippen LogP contribution in [-0.4, -0.2) is 22.9 Å². The summed E-state index contributed by atoms with van der Waals surface area (Å²) in [6.07, 6.45) is 1.00. The van der Waals surface area contributed by atoms with Gasteiger partial charge in [-0.25, -0.2) is 4.79 Å². The smallest absolute Gasteiger partial charge is 0.345 e. The number of thiophene rings is 1. The average molecular weight is 245 g/mol. The first kappa shape index (κ1) is 12.5. The molecule has 0 saturated heterocycles. The Kier molecular flexibility index (Phi) is 5.14. The minimum absolute atomic E-state index is 0.414. The van der Waals surface area contributed by atoms with Crippen molar-refractivity contribution in [2.75, 3.05) is 6.54 Å². The Bertz CT molecular complexity index is 325. The molecule has 84 valence electrons. The van der Waals surface area contributed by atoms with Crippen molar-refractivity contribution in [2.45, 2.75) is 24.3 Å². The molecule has 1 unspecified atom stereocenters. The van der Waals surface area contributed by atoms with Crippen LogP contribution in [0.3, 0.4) is 0 Å². The number of carboxylic acid groups (broad SMARTS) is 1. The Morgan fingerprint density at radius 3 is 2.93 bits per heavy atom. The van der Waals surface area contributed by atoms with Gasteiger partial charge < -0.3 is 10.8 Å². The van der Waals surface area contributed by atoms with Crippen molar-refractivity contribution in [1.29, 1.82) is 0 Å². The van der Waals surface area contributed by atoms with E-state index in [4.69, 9.17) is 10.8 Å². The van der Waals surface area contributed by atoms with Gasteiger partial charge >= 0.3 is 5.97 Å². The molecule has 3 nitrogen and oxygen atoms in total. The monoisotopic (exact) mass is 245 g/mol. The molecular formula is C10H15NO2S2. The van der Waals surface area contributed by atoms with Gasteiger partial charge in [-0.1, -0.05) is 6.92 Å². The fraction of sp³-hybridized carbons (Fsp3) is 0.500. The maximum Gasteiger partial charge on any atom is 0.345 e. The normalized spacial score (nSPS) is 12.7. The van der Waals surface area contributed by atoms with E-state index in [-0.39, 0.29) is 0 Å². The Hall–Kier alpha value is -0.520. The second-order valence-electron chi connectivity index (χ2n) is 3.27. The van der Waals surface area contributed by atoms with Crippen molar-refractivity contribution in [2.24, 2.45) is 5.73 Å². The van der Waals surface area contributed by atoms with Crippen molar-refractivity contribution in [1.82, 2.24) is 0 Å².